The molecule has 1 aromatic rings. The number of benzene rings is 1. The van der Waals surface area contributed by atoms with Gasteiger partial charge in [0.25, 0.3) is 0 Å². The standard InChI is InChI=1S/C13H15BrO4S/c14-12-7-9(13(15)16)1-2-10(12)8-19(17)11-3-5-18-6-4-11/h1-2,7,11H,3-6,8H2,(H,15,16). The third kappa shape index (κ3) is 3.87. The van der Waals surface area contributed by atoms with Crippen LogP contribution < -0.4 is 0 Å². The third-order valence-electron chi connectivity index (χ3n) is 3.14. The van der Waals surface area contributed by atoms with E-state index in [1.54, 1.807) is 18.2 Å². The van der Waals surface area contributed by atoms with Crippen molar-refractivity contribution in [2.75, 3.05) is 13.2 Å². The molecule has 2 rings (SSSR count). The Morgan fingerprint density at radius 3 is 2.68 bits per heavy atom. The van der Waals surface area contributed by atoms with Crippen LogP contribution in [0.4, 0.5) is 0 Å². The molecule has 0 radical (unpaired) electrons. The summed E-state index contributed by atoms with van der Waals surface area (Å²) < 4.78 is 18.2. The van der Waals surface area contributed by atoms with Crippen LogP contribution in [-0.4, -0.2) is 33.7 Å². The van der Waals surface area contributed by atoms with Crippen LogP contribution in [-0.2, 0) is 21.3 Å². The molecular formula is C13H15BrO4S. The summed E-state index contributed by atoms with van der Waals surface area (Å²) in [7, 11) is -0.942. The number of carbonyl (C=O) groups is 1. The summed E-state index contributed by atoms with van der Waals surface area (Å²) >= 11 is 3.35. The normalized spacial score (nSPS) is 18.2. The summed E-state index contributed by atoms with van der Waals surface area (Å²) in [6.07, 6.45) is 1.66. The number of carboxylic acid groups (broad SMARTS) is 1. The molecule has 19 heavy (non-hydrogen) atoms. The Bertz CT molecular complexity index is 497. The quantitative estimate of drug-likeness (QED) is 0.909. The van der Waals surface area contributed by atoms with Gasteiger partial charge in [0.05, 0.1) is 5.56 Å². The minimum atomic E-state index is -0.960. The van der Waals surface area contributed by atoms with Gasteiger partial charge in [-0.1, -0.05) is 22.0 Å². The maximum atomic E-state index is 12.3. The Morgan fingerprint density at radius 1 is 1.42 bits per heavy atom. The molecule has 0 aliphatic carbocycles. The van der Waals surface area contributed by atoms with Crippen molar-refractivity contribution in [3.8, 4) is 0 Å². The number of hydrogen-bond acceptors (Lipinski definition) is 3. The van der Waals surface area contributed by atoms with Crippen LogP contribution in [0, 0.1) is 0 Å². The van der Waals surface area contributed by atoms with Crippen LogP contribution in [0.15, 0.2) is 22.7 Å². The van der Waals surface area contributed by atoms with Gasteiger partial charge in [-0.2, -0.15) is 0 Å². The van der Waals surface area contributed by atoms with Crippen LogP contribution in [0.2, 0.25) is 0 Å². The highest BCUT2D eigenvalue weighted by atomic mass is 79.9. The molecular weight excluding hydrogens is 332 g/mol. The van der Waals surface area contributed by atoms with Gasteiger partial charge in [-0.15, -0.1) is 0 Å². The van der Waals surface area contributed by atoms with Crippen molar-refractivity contribution < 1.29 is 18.8 Å². The van der Waals surface area contributed by atoms with E-state index in [1.807, 2.05) is 0 Å². The number of hydrogen-bond donors (Lipinski definition) is 1. The predicted octanol–water partition coefficient (Wildman–Crippen LogP) is 2.58. The maximum absolute atomic E-state index is 12.3. The molecule has 6 heteroatoms. The zero-order valence-electron chi connectivity index (χ0n) is 10.3. The molecule has 1 aliphatic rings. The molecule has 1 heterocycles. The fraction of sp³-hybridized carbons (Fsp3) is 0.462. The lowest BCUT2D eigenvalue weighted by molar-refractivity contribution is 0.0697. The summed E-state index contributed by atoms with van der Waals surface area (Å²) in [5, 5.41) is 9.07. The van der Waals surface area contributed by atoms with Crippen molar-refractivity contribution in [1.29, 1.82) is 0 Å². The summed E-state index contributed by atoms with van der Waals surface area (Å²) in [5.41, 5.74) is 1.11. The number of halogens is 1. The van der Waals surface area contributed by atoms with Gasteiger partial charge in [0.15, 0.2) is 0 Å². The molecule has 1 unspecified atom stereocenters. The Balaban J connectivity index is 2.06. The summed E-state index contributed by atoms with van der Waals surface area (Å²) in [5.74, 6) is -0.511. The maximum Gasteiger partial charge on any atom is 0.335 e. The largest absolute Gasteiger partial charge is 0.478 e. The minimum Gasteiger partial charge on any atom is -0.478 e. The number of aromatic carboxylic acids is 1. The zero-order chi connectivity index (χ0) is 13.8. The zero-order valence-corrected chi connectivity index (χ0v) is 12.7. The van der Waals surface area contributed by atoms with E-state index in [0.29, 0.717) is 23.4 Å². The molecule has 1 aliphatic heterocycles. The van der Waals surface area contributed by atoms with Crippen LogP contribution in [0.25, 0.3) is 0 Å². The molecule has 1 atom stereocenters. The monoisotopic (exact) mass is 346 g/mol. The highest BCUT2D eigenvalue weighted by molar-refractivity contribution is 9.10. The van der Waals surface area contributed by atoms with Crippen LogP contribution in [0.5, 0.6) is 0 Å². The average Bonchev–Trinajstić information content (AvgIpc) is 2.41. The molecule has 0 spiro atoms. The number of rotatable bonds is 4. The molecule has 1 aromatic carbocycles. The lowest BCUT2D eigenvalue weighted by atomic mass is 10.1. The SMILES string of the molecule is O=C(O)c1ccc(CS(=O)C2CCOCC2)c(Br)c1. The van der Waals surface area contributed by atoms with E-state index < -0.39 is 16.8 Å². The second-order valence-electron chi connectivity index (χ2n) is 4.45. The van der Waals surface area contributed by atoms with E-state index in [4.69, 9.17) is 9.84 Å². The Hall–Kier alpha value is -0.720. The Kier molecular flexibility index (Phi) is 5.13. The Labute approximate surface area is 122 Å². The number of carboxylic acids is 1. The third-order valence-corrected chi connectivity index (χ3v) is 5.69. The van der Waals surface area contributed by atoms with E-state index in [2.05, 4.69) is 15.9 Å². The highest BCUT2D eigenvalue weighted by Gasteiger charge is 2.21. The number of ether oxygens (including phenoxy) is 1. The molecule has 1 N–H and O–H groups in total. The smallest absolute Gasteiger partial charge is 0.335 e. The van der Waals surface area contributed by atoms with E-state index in [0.717, 1.165) is 18.4 Å². The van der Waals surface area contributed by atoms with Gasteiger partial charge in [0.1, 0.15) is 0 Å². The first-order valence-corrected chi connectivity index (χ1v) is 8.22. The lowest BCUT2D eigenvalue weighted by Crippen LogP contribution is -2.25. The van der Waals surface area contributed by atoms with Crippen molar-refractivity contribution in [3.05, 3.63) is 33.8 Å². The Morgan fingerprint density at radius 2 is 2.11 bits per heavy atom. The van der Waals surface area contributed by atoms with E-state index in [9.17, 15) is 9.00 Å². The molecule has 0 bridgehead atoms. The molecule has 0 saturated carbocycles. The molecule has 0 aromatic heterocycles. The van der Waals surface area contributed by atoms with Crippen molar-refractivity contribution in [2.24, 2.45) is 0 Å². The van der Waals surface area contributed by atoms with Gasteiger partial charge in [-0.3, -0.25) is 4.21 Å². The second-order valence-corrected chi connectivity index (χ2v) is 7.02. The topological polar surface area (TPSA) is 63.6 Å². The first-order chi connectivity index (χ1) is 9.08. The van der Waals surface area contributed by atoms with E-state index in [1.165, 1.54) is 0 Å². The summed E-state index contributed by atoms with van der Waals surface area (Å²) in [4.78, 5) is 10.8. The molecule has 4 nitrogen and oxygen atoms in total. The highest BCUT2D eigenvalue weighted by Crippen LogP contribution is 2.23. The van der Waals surface area contributed by atoms with Gasteiger partial charge in [0.2, 0.25) is 0 Å². The lowest BCUT2D eigenvalue weighted by Gasteiger charge is -2.21. The average molecular weight is 347 g/mol. The van der Waals surface area contributed by atoms with Crippen molar-refractivity contribution in [2.45, 2.75) is 23.8 Å². The molecule has 104 valence electrons. The second kappa shape index (κ2) is 6.63. The van der Waals surface area contributed by atoms with Crippen LogP contribution in [0.1, 0.15) is 28.8 Å². The van der Waals surface area contributed by atoms with E-state index in [-0.39, 0.29) is 10.8 Å². The fourth-order valence-electron chi connectivity index (χ4n) is 2.01. The first kappa shape index (κ1) is 14.7. The molecule has 1 fully saturated rings. The predicted molar refractivity (Wildman–Crippen MR) is 76.8 cm³/mol. The van der Waals surface area contributed by atoms with Gasteiger partial charge >= 0.3 is 5.97 Å². The van der Waals surface area contributed by atoms with Gasteiger partial charge < -0.3 is 9.84 Å². The van der Waals surface area contributed by atoms with E-state index >= 15 is 0 Å². The molecule has 1 saturated heterocycles. The minimum absolute atomic E-state index is 0.180. The van der Waals surface area contributed by atoms with Crippen molar-refractivity contribution >= 4 is 32.7 Å². The van der Waals surface area contributed by atoms with Crippen LogP contribution >= 0.6 is 15.9 Å². The summed E-state index contributed by atoms with van der Waals surface area (Å²) in [6, 6.07) is 4.83. The van der Waals surface area contributed by atoms with Gasteiger partial charge in [0, 0.05) is 39.5 Å². The van der Waals surface area contributed by atoms with Gasteiger partial charge in [-0.25, -0.2) is 4.79 Å². The first-order valence-electron chi connectivity index (χ1n) is 6.04. The fourth-order valence-corrected chi connectivity index (χ4v) is 4.22. The van der Waals surface area contributed by atoms with Crippen molar-refractivity contribution in [1.82, 2.24) is 0 Å². The summed E-state index contributed by atoms with van der Waals surface area (Å²) in [6.45, 7) is 1.35. The van der Waals surface area contributed by atoms with Crippen molar-refractivity contribution in [3.63, 3.8) is 0 Å². The van der Waals surface area contributed by atoms with Crippen LogP contribution in [0.3, 0.4) is 0 Å². The van der Waals surface area contributed by atoms with Gasteiger partial charge in [-0.05, 0) is 30.5 Å². The molecule has 0 amide bonds.